The summed E-state index contributed by atoms with van der Waals surface area (Å²) in [5.41, 5.74) is 3.63. The average Bonchev–Trinajstić information content (AvgIpc) is 2.41. The van der Waals surface area contributed by atoms with E-state index in [0.717, 1.165) is 5.69 Å². The predicted molar refractivity (Wildman–Crippen MR) is 72.2 cm³/mol. The van der Waals surface area contributed by atoms with Gasteiger partial charge >= 0.3 is 0 Å². The molecular formula is C13H23NO2S. The zero-order valence-electron chi connectivity index (χ0n) is 11.7. The van der Waals surface area contributed by atoms with Gasteiger partial charge in [0, 0.05) is 18.4 Å². The van der Waals surface area contributed by atoms with Gasteiger partial charge in [-0.15, -0.1) is 0 Å². The molecule has 1 aromatic rings. The van der Waals surface area contributed by atoms with Crippen LogP contribution in [0, 0.1) is 20.8 Å². The van der Waals surface area contributed by atoms with Crippen molar-refractivity contribution in [3.8, 4) is 0 Å². The molecule has 0 atom stereocenters. The van der Waals surface area contributed by atoms with Crippen LogP contribution in [0.25, 0.3) is 0 Å². The smallest absolute Gasteiger partial charge is 0.156 e. The van der Waals surface area contributed by atoms with Crippen LogP contribution < -0.4 is 0 Å². The third-order valence-electron chi connectivity index (χ3n) is 3.45. The molecule has 0 aliphatic carbocycles. The summed E-state index contributed by atoms with van der Waals surface area (Å²) in [4.78, 5) is 0. The molecule has 1 rings (SSSR count). The Bertz CT molecular complexity index is 504. The second-order valence-electron chi connectivity index (χ2n) is 5.65. The standard InChI is InChI=1S/C13H23NO2S/c1-10-9-14(12(3)11(10)2)7-8-17(15,16)13(4,5)6/h9H,7-8H2,1-6H3. The third-order valence-corrected chi connectivity index (χ3v) is 6.03. The maximum absolute atomic E-state index is 12.0. The highest BCUT2D eigenvalue weighted by atomic mass is 32.2. The van der Waals surface area contributed by atoms with Crippen molar-refractivity contribution in [2.45, 2.75) is 52.8 Å². The van der Waals surface area contributed by atoms with Gasteiger partial charge in [0.15, 0.2) is 9.84 Å². The van der Waals surface area contributed by atoms with Gasteiger partial charge in [0.05, 0.1) is 10.5 Å². The molecule has 4 heteroatoms. The second kappa shape index (κ2) is 4.48. The summed E-state index contributed by atoms with van der Waals surface area (Å²) < 4.78 is 25.4. The summed E-state index contributed by atoms with van der Waals surface area (Å²) in [7, 11) is -3.04. The van der Waals surface area contributed by atoms with Crippen molar-refractivity contribution in [3.63, 3.8) is 0 Å². The minimum atomic E-state index is -3.04. The van der Waals surface area contributed by atoms with E-state index in [9.17, 15) is 8.42 Å². The van der Waals surface area contributed by atoms with Crippen molar-refractivity contribution >= 4 is 9.84 Å². The molecule has 0 spiro atoms. The number of hydrogen-bond donors (Lipinski definition) is 0. The van der Waals surface area contributed by atoms with Crippen molar-refractivity contribution in [2.75, 3.05) is 5.75 Å². The van der Waals surface area contributed by atoms with E-state index in [1.54, 1.807) is 20.8 Å². The molecule has 17 heavy (non-hydrogen) atoms. The van der Waals surface area contributed by atoms with E-state index in [4.69, 9.17) is 0 Å². The SMILES string of the molecule is Cc1cn(CCS(=O)(=O)C(C)(C)C)c(C)c1C. The normalized spacial score (nSPS) is 13.1. The van der Waals surface area contributed by atoms with Crippen LogP contribution in [-0.2, 0) is 16.4 Å². The maximum atomic E-state index is 12.0. The minimum Gasteiger partial charge on any atom is -0.350 e. The van der Waals surface area contributed by atoms with Gasteiger partial charge in [-0.3, -0.25) is 0 Å². The molecule has 0 bridgehead atoms. The molecule has 0 amide bonds. The fourth-order valence-electron chi connectivity index (χ4n) is 1.69. The van der Waals surface area contributed by atoms with Gasteiger partial charge in [-0.1, -0.05) is 0 Å². The van der Waals surface area contributed by atoms with E-state index in [0.29, 0.717) is 6.54 Å². The first-order valence-corrected chi connectivity index (χ1v) is 7.57. The Morgan fingerprint density at radius 3 is 2.06 bits per heavy atom. The first-order chi connectivity index (χ1) is 7.56. The van der Waals surface area contributed by atoms with Gasteiger partial charge in [-0.2, -0.15) is 0 Å². The zero-order chi connectivity index (χ0) is 13.4. The molecule has 3 nitrogen and oxygen atoms in total. The lowest BCUT2D eigenvalue weighted by Crippen LogP contribution is -2.32. The molecule has 1 aromatic heterocycles. The topological polar surface area (TPSA) is 39.1 Å². The van der Waals surface area contributed by atoms with Gasteiger partial charge in [-0.25, -0.2) is 8.42 Å². The summed E-state index contributed by atoms with van der Waals surface area (Å²) in [6.07, 6.45) is 2.03. The van der Waals surface area contributed by atoms with Crippen molar-refractivity contribution in [3.05, 3.63) is 23.0 Å². The molecule has 0 aromatic carbocycles. The Morgan fingerprint density at radius 2 is 1.71 bits per heavy atom. The zero-order valence-corrected chi connectivity index (χ0v) is 12.5. The summed E-state index contributed by atoms with van der Waals surface area (Å²) in [5.74, 6) is 0.199. The summed E-state index contributed by atoms with van der Waals surface area (Å²) in [5, 5.41) is 0. The number of nitrogens with zero attached hydrogens (tertiary/aromatic N) is 1. The highest BCUT2D eigenvalue weighted by molar-refractivity contribution is 7.92. The lowest BCUT2D eigenvalue weighted by molar-refractivity contribution is 0.553. The lowest BCUT2D eigenvalue weighted by atomic mass is 10.2. The van der Waals surface area contributed by atoms with Crippen LogP contribution in [0.15, 0.2) is 6.20 Å². The molecule has 0 N–H and O–H groups in total. The molecule has 0 fully saturated rings. The van der Waals surface area contributed by atoms with Crippen molar-refractivity contribution in [1.29, 1.82) is 0 Å². The lowest BCUT2D eigenvalue weighted by Gasteiger charge is -2.19. The van der Waals surface area contributed by atoms with Crippen LogP contribution in [0.1, 0.15) is 37.6 Å². The minimum absolute atomic E-state index is 0.199. The Hall–Kier alpha value is -0.770. The number of rotatable bonds is 3. The van der Waals surface area contributed by atoms with Crippen molar-refractivity contribution < 1.29 is 8.42 Å². The Morgan fingerprint density at radius 1 is 1.18 bits per heavy atom. The molecule has 0 radical (unpaired) electrons. The van der Waals surface area contributed by atoms with E-state index < -0.39 is 14.6 Å². The van der Waals surface area contributed by atoms with Crippen LogP contribution in [0.4, 0.5) is 0 Å². The van der Waals surface area contributed by atoms with E-state index in [-0.39, 0.29) is 5.75 Å². The molecule has 0 aliphatic heterocycles. The number of aromatic nitrogens is 1. The first kappa shape index (κ1) is 14.3. The summed E-state index contributed by atoms with van der Waals surface area (Å²) in [6.45, 7) is 12.0. The molecule has 0 unspecified atom stereocenters. The monoisotopic (exact) mass is 257 g/mol. The predicted octanol–water partition coefficient (Wildman–Crippen LogP) is 2.63. The van der Waals surface area contributed by atoms with Gasteiger partial charge in [-0.05, 0) is 52.7 Å². The maximum Gasteiger partial charge on any atom is 0.156 e. The fourth-order valence-corrected chi connectivity index (χ4v) is 2.73. The van der Waals surface area contributed by atoms with Crippen molar-refractivity contribution in [1.82, 2.24) is 4.57 Å². The number of hydrogen-bond acceptors (Lipinski definition) is 2. The number of sulfone groups is 1. The third kappa shape index (κ3) is 2.92. The van der Waals surface area contributed by atoms with Crippen molar-refractivity contribution in [2.24, 2.45) is 0 Å². The Kier molecular flexibility index (Phi) is 3.77. The highest BCUT2D eigenvalue weighted by Gasteiger charge is 2.28. The van der Waals surface area contributed by atoms with Crippen LogP contribution in [0.5, 0.6) is 0 Å². The Balaban J connectivity index is 2.86. The summed E-state index contributed by atoms with van der Waals surface area (Å²) >= 11 is 0. The summed E-state index contributed by atoms with van der Waals surface area (Å²) in [6, 6.07) is 0. The largest absolute Gasteiger partial charge is 0.350 e. The molecular weight excluding hydrogens is 234 g/mol. The fraction of sp³-hybridized carbons (Fsp3) is 0.692. The number of aryl methyl sites for hydroxylation is 2. The van der Waals surface area contributed by atoms with E-state index in [1.165, 1.54) is 11.1 Å². The van der Waals surface area contributed by atoms with Gasteiger partial charge in [0.25, 0.3) is 0 Å². The average molecular weight is 257 g/mol. The quantitative estimate of drug-likeness (QED) is 0.835. The van der Waals surface area contributed by atoms with E-state index in [2.05, 4.69) is 13.8 Å². The van der Waals surface area contributed by atoms with Crippen LogP contribution in [0.3, 0.4) is 0 Å². The van der Waals surface area contributed by atoms with Gasteiger partial charge in [0.1, 0.15) is 0 Å². The second-order valence-corrected chi connectivity index (χ2v) is 8.51. The van der Waals surface area contributed by atoms with Crippen LogP contribution in [-0.4, -0.2) is 23.5 Å². The van der Waals surface area contributed by atoms with E-state index in [1.807, 2.05) is 17.7 Å². The Labute approximate surface area is 105 Å². The van der Waals surface area contributed by atoms with E-state index >= 15 is 0 Å². The van der Waals surface area contributed by atoms with Gasteiger partial charge < -0.3 is 4.57 Å². The first-order valence-electron chi connectivity index (χ1n) is 5.91. The van der Waals surface area contributed by atoms with Gasteiger partial charge in [0.2, 0.25) is 0 Å². The molecule has 0 aliphatic rings. The highest BCUT2D eigenvalue weighted by Crippen LogP contribution is 2.18. The molecule has 0 saturated heterocycles. The molecule has 0 saturated carbocycles. The molecule has 98 valence electrons. The van der Waals surface area contributed by atoms with Crippen LogP contribution >= 0.6 is 0 Å². The van der Waals surface area contributed by atoms with Crippen LogP contribution in [0.2, 0.25) is 0 Å². The molecule has 1 heterocycles.